The van der Waals surface area contributed by atoms with Gasteiger partial charge in [-0.2, -0.15) is 0 Å². The molecule has 0 radical (unpaired) electrons. The van der Waals surface area contributed by atoms with E-state index in [-0.39, 0.29) is 0 Å². The highest BCUT2D eigenvalue weighted by Crippen LogP contribution is 2.03. The average molecular weight is 200 g/mol. The van der Waals surface area contributed by atoms with Gasteiger partial charge < -0.3 is 10.2 Å². The zero-order valence-electron chi connectivity index (χ0n) is 10.6. The quantitative estimate of drug-likeness (QED) is 0.647. The predicted molar refractivity (Wildman–Crippen MR) is 64.7 cm³/mol. The van der Waals surface area contributed by atoms with Gasteiger partial charge >= 0.3 is 0 Å². The van der Waals surface area contributed by atoms with E-state index in [2.05, 4.69) is 45.1 Å². The van der Waals surface area contributed by atoms with Crippen LogP contribution in [0.3, 0.4) is 0 Å². The van der Waals surface area contributed by atoms with Crippen molar-refractivity contribution >= 4 is 0 Å². The highest BCUT2D eigenvalue weighted by atomic mass is 15.1. The molecule has 0 heterocycles. The van der Waals surface area contributed by atoms with E-state index in [1.54, 1.807) is 0 Å². The molecular weight excluding hydrogens is 172 g/mol. The van der Waals surface area contributed by atoms with Gasteiger partial charge in [0.2, 0.25) is 0 Å². The van der Waals surface area contributed by atoms with Crippen LogP contribution in [-0.4, -0.2) is 38.1 Å². The van der Waals surface area contributed by atoms with Gasteiger partial charge in [-0.15, -0.1) is 0 Å². The highest BCUT2D eigenvalue weighted by molar-refractivity contribution is 4.68. The number of nitrogens with one attached hydrogen (secondary N) is 1. The van der Waals surface area contributed by atoms with E-state index in [4.69, 9.17) is 0 Å². The molecule has 0 aliphatic heterocycles. The monoisotopic (exact) mass is 200 g/mol. The van der Waals surface area contributed by atoms with E-state index in [0.29, 0.717) is 6.04 Å². The van der Waals surface area contributed by atoms with Gasteiger partial charge in [0.25, 0.3) is 0 Å². The Balaban J connectivity index is 3.61. The van der Waals surface area contributed by atoms with Crippen molar-refractivity contribution in [2.24, 2.45) is 5.92 Å². The number of hydrogen-bond acceptors (Lipinski definition) is 2. The topological polar surface area (TPSA) is 15.3 Å². The molecule has 0 spiro atoms. The molecule has 1 atom stereocenters. The van der Waals surface area contributed by atoms with Crippen LogP contribution < -0.4 is 5.32 Å². The van der Waals surface area contributed by atoms with Gasteiger partial charge in [0.15, 0.2) is 0 Å². The Kier molecular flexibility index (Phi) is 8.20. The Morgan fingerprint density at radius 2 is 1.86 bits per heavy atom. The third kappa shape index (κ3) is 7.34. The molecule has 2 heteroatoms. The second-order valence-electron chi connectivity index (χ2n) is 4.72. The third-order valence-electron chi connectivity index (χ3n) is 2.67. The Hall–Kier alpha value is -0.0800. The highest BCUT2D eigenvalue weighted by Gasteiger charge is 2.08. The fraction of sp³-hybridized carbons (Fsp3) is 1.00. The largest absolute Gasteiger partial charge is 0.316 e. The van der Waals surface area contributed by atoms with Gasteiger partial charge in [-0.3, -0.25) is 0 Å². The van der Waals surface area contributed by atoms with Crippen LogP contribution in [-0.2, 0) is 0 Å². The van der Waals surface area contributed by atoms with E-state index < -0.39 is 0 Å². The van der Waals surface area contributed by atoms with E-state index in [0.717, 1.165) is 5.92 Å². The second kappa shape index (κ2) is 8.25. The van der Waals surface area contributed by atoms with Crippen molar-refractivity contribution in [3.63, 3.8) is 0 Å². The normalized spacial score (nSPS) is 13.9. The molecule has 1 unspecified atom stereocenters. The summed E-state index contributed by atoms with van der Waals surface area (Å²) in [6, 6.07) is 0.664. The summed E-state index contributed by atoms with van der Waals surface area (Å²) < 4.78 is 0. The van der Waals surface area contributed by atoms with Gasteiger partial charge in [0.1, 0.15) is 0 Å². The summed E-state index contributed by atoms with van der Waals surface area (Å²) in [7, 11) is 4.29. The third-order valence-corrected chi connectivity index (χ3v) is 2.67. The van der Waals surface area contributed by atoms with Crippen molar-refractivity contribution in [2.75, 3.05) is 27.2 Å². The van der Waals surface area contributed by atoms with Crippen LogP contribution in [0.15, 0.2) is 0 Å². The molecule has 0 rings (SSSR count). The van der Waals surface area contributed by atoms with Gasteiger partial charge in [-0.05, 0) is 39.4 Å². The van der Waals surface area contributed by atoms with Gasteiger partial charge in [-0.25, -0.2) is 0 Å². The average Bonchev–Trinajstić information content (AvgIpc) is 2.14. The smallest absolute Gasteiger partial charge is 0.0191 e. The van der Waals surface area contributed by atoms with E-state index >= 15 is 0 Å². The lowest BCUT2D eigenvalue weighted by atomic mass is 10.1. The van der Waals surface area contributed by atoms with Crippen LogP contribution in [0.2, 0.25) is 0 Å². The van der Waals surface area contributed by atoms with Gasteiger partial charge in [0.05, 0.1) is 0 Å². The molecule has 0 fully saturated rings. The summed E-state index contributed by atoms with van der Waals surface area (Å²) in [5.74, 6) is 0.816. The molecule has 86 valence electrons. The maximum atomic E-state index is 3.38. The molecule has 14 heavy (non-hydrogen) atoms. The zero-order chi connectivity index (χ0) is 11.0. The number of hydrogen-bond donors (Lipinski definition) is 1. The summed E-state index contributed by atoms with van der Waals surface area (Å²) in [6.45, 7) is 9.22. The second-order valence-corrected chi connectivity index (χ2v) is 4.72. The maximum Gasteiger partial charge on any atom is 0.0191 e. The molecule has 0 aromatic rings. The van der Waals surface area contributed by atoms with Crippen LogP contribution in [0.4, 0.5) is 0 Å². The van der Waals surface area contributed by atoms with Crippen molar-refractivity contribution in [3.05, 3.63) is 0 Å². The molecular formula is C12H28N2. The molecule has 0 amide bonds. The Labute approximate surface area is 90.1 Å². The van der Waals surface area contributed by atoms with Crippen LogP contribution in [0.25, 0.3) is 0 Å². The molecule has 0 aromatic heterocycles. The van der Waals surface area contributed by atoms with E-state index in [1.165, 1.54) is 32.4 Å². The zero-order valence-corrected chi connectivity index (χ0v) is 10.6. The van der Waals surface area contributed by atoms with Gasteiger partial charge in [0, 0.05) is 12.6 Å². The van der Waals surface area contributed by atoms with Crippen LogP contribution >= 0.6 is 0 Å². The Bertz CT molecular complexity index is 123. The Morgan fingerprint density at radius 3 is 2.29 bits per heavy atom. The van der Waals surface area contributed by atoms with Crippen molar-refractivity contribution in [3.8, 4) is 0 Å². The van der Waals surface area contributed by atoms with Crippen LogP contribution in [0.1, 0.15) is 40.0 Å². The maximum absolute atomic E-state index is 3.38. The minimum absolute atomic E-state index is 0.664. The number of rotatable bonds is 8. The van der Waals surface area contributed by atoms with Crippen molar-refractivity contribution in [2.45, 2.75) is 46.1 Å². The van der Waals surface area contributed by atoms with E-state index in [1.807, 2.05) is 0 Å². The minimum Gasteiger partial charge on any atom is -0.316 e. The molecule has 0 aliphatic rings. The minimum atomic E-state index is 0.664. The molecule has 0 aliphatic carbocycles. The lowest BCUT2D eigenvalue weighted by Crippen LogP contribution is -2.38. The first-order chi connectivity index (χ1) is 6.60. The first-order valence-corrected chi connectivity index (χ1v) is 5.95. The standard InChI is InChI=1S/C12H28N2/c1-6-7-12(13-4)10-14(5)9-8-11(2)3/h11-13H,6-10H2,1-5H3. The van der Waals surface area contributed by atoms with E-state index in [9.17, 15) is 0 Å². The lowest BCUT2D eigenvalue weighted by molar-refractivity contribution is 0.271. The molecule has 0 bridgehead atoms. The molecule has 1 N–H and O–H groups in total. The predicted octanol–water partition coefficient (Wildman–Crippen LogP) is 2.35. The fourth-order valence-corrected chi connectivity index (χ4v) is 1.62. The Morgan fingerprint density at radius 1 is 1.21 bits per heavy atom. The summed E-state index contributed by atoms with van der Waals surface area (Å²) in [5.41, 5.74) is 0. The van der Waals surface area contributed by atoms with Crippen LogP contribution in [0.5, 0.6) is 0 Å². The summed E-state index contributed by atoms with van der Waals surface area (Å²) >= 11 is 0. The summed E-state index contributed by atoms with van der Waals surface area (Å²) in [4.78, 5) is 2.44. The lowest BCUT2D eigenvalue weighted by Gasteiger charge is -2.24. The molecule has 2 nitrogen and oxygen atoms in total. The van der Waals surface area contributed by atoms with Gasteiger partial charge in [-0.1, -0.05) is 27.2 Å². The number of likely N-dealkylation sites (N-methyl/N-ethyl adjacent to an activating group) is 2. The summed E-state index contributed by atoms with van der Waals surface area (Å²) in [5, 5.41) is 3.38. The molecule has 0 aromatic carbocycles. The first kappa shape index (κ1) is 13.9. The number of nitrogens with zero attached hydrogens (tertiary/aromatic N) is 1. The van der Waals surface area contributed by atoms with Crippen molar-refractivity contribution < 1.29 is 0 Å². The molecule has 0 saturated carbocycles. The SMILES string of the molecule is CCCC(CN(C)CCC(C)C)NC. The fourth-order valence-electron chi connectivity index (χ4n) is 1.62. The van der Waals surface area contributed by atoms with Crippen LogP contribution in [0, 0.1) is 5.92 Å². The van der Waals surface area contributed by atoms with Crippen molar-refractivity contribution in [1.82, 2.24) is 10.2 Å². The van der Waals surface area contributed by atoms with Crippen molar-refractivity contribution in [1.29, 1.82) is 0 Å². The first-order valence-electron chi connectivity index (χ1n) is 5.95. The summed E-state index contributed by atoms with van der Waals surface area (Å²) in [6.07, 6.45) is 3.85. The molecule has 0 saturated heterocycles.